The molecule has 0 aliphatic heterocycles. The van der Waals surface area contributed by atoms with Crippen LogP contribution in [0.5, 0.6) is 5.75 Å². The maximum atomic E-state index is 12.7. The highest BCUT2D eigenvalue weighted by Crippen LogP contribution is 2.39. The van der Waals surface area contributed by atoms with Crippen LogP contribution in [0.4, 0.5) is 18.9 Å². The number of hydrogen-bond acceptors (Lipinski definition) is 4. The normalized spacial score (nSPS) is 15.7. The number of hydrogen-bond donors (Lipinski definition) is 1. The van der Waals surface area contributed by atoms with Crippen molar-refractivity contribution in [2.45, 2.75) is 56.3 Å². The first kappa shape index (κ1) is 18.2. The van der Waals surface area contributed by atoms with Crippen LogP contribution in [-0.2, 0) is 0 Å². The number of benzene rings is 1. The van der Waals surface area contributed by atoms with Gasteiger partial charge in [0.15, 0.2) is 5.75 Å². The SMILES string of the molecule is CCCSc1cnc2c(OC(F)(F)F)cccc2c1NC1CCCC1. The van der Waals surface area contributed by atoms with E-state index in [1.807, 2.05) is 0 Å². The van der Waals surface area contributed by atoms with Crippen LogP contribution in [0, 0.1) is 0 Å². The molecule has 0 unspecified atom stereocenters. The summed E-state index contributed by atoms with van der Waals surface area (Å²) in [5, 5.41) is 4.23. The van der Waals surface area contributed by atoms with Gasteiger partial charge in [0.1, 0.15) is 5.52 Å². The Morgan fingerprint density at radius 3 is 2.72 bits per heavy atom. The molecule has 1 N–H and O–H groups in total. The van der Waals surface area contributed by atoms with Gasteiger partial charge in [-0.3, -0.25) is 4.98 Å². The molecule has 1 saturated carbocycles. The van der Waals surface area contributed by atoms with E-state index in [4.69, 9.17) is 0 Å². The van der Waals surface area contributed by atoms with Gasteiger partial charge < -0.3 is 10.1 Å². The number of thioether (sulfide) groups is 1. The maximum Gasteiger partial charge on any atom is 0.573 e. The summed E-state index contributed by atoms with van der Waals surface area (Å²) in [6.07, 6.45) is 2.47. The first-order chi connectivity index (χ1) is 12.0. The number of ether oxygens (including phenoxy) is 1. The summed E-state index contributed by atoms with van der Waals surface area (Å²) in [6.45, 7) is 2.10. The van der Waals surface area contributed by atoms with E-state index in [-0.39, 0.29) is 11.3 Å². The predicted molar refractivity (Wildman–Crippen MR) is 95.3 cm³/mol. The molecule has 0 radical (unpaired) electrons. The van der Waals surface area contributed by atoms with Crippen LogP contribution >= 0.6 is 11.8 Å². The molecule has 0 bridgehead atoms. The molecule has 1 heterocycles. The van der Waals surface area contributed by atoms with Gasteiger partial charge in [0.2, 0.25) is 0 Å². The van der Waals surface area contributed by atoms with Crippen LogP contribution in [0.2, 0.25) is 0 Å². The van der Waals surface area contributed by atoms with Crippen molar-refractivity contribution in [3.05, 3.63) is 24.4 Å². The number of nitrogens with one attached hydrogen (secondary N) is 1. The van der Waals surface area contributed by atoms with E-state index in [1.165, 1.54) is 18.9 Å². The van der Waals surface area contributed by atoms with Crippen molar-refractivity contribution in [2.75, 3.05) is 11.1 Å². The Kier molecular flexibility index (Phi) is 5.61. The average Bonchev–Trinajstić information content (AvgIpc) is 3.06. The molecule has 0 saturated heterocycles. The van der Waals surface area contributed by atoms with Crippen molar-refractivity contribution in [1.82, 2.24) is 4.98 Å². The highest BCUT2D eigenvalue weighted by molar-refractivity contribution is 7.99. The summed E-state index contributed by atoms with van der Waals surface area (Å²) in [7, 11) is 0. The van der Waals surface area contributed by atoms with Gasteiger partial charge in [0.05, 0.1) is 5.69 Å². The quantitative estimate of drug-likeness (QED) is 0.633. The number of rotatable bonds is 6. The molecule has 7 heteroatoms. The predicted octanol–water partition coefficient (Wildman–Crippen LogP) is 5.99. The molecule has 1 fully saturated rings. The molecule has 25 heavy (non-hydrogen) atoms. The van der Waals surface area contributed by atoms with E-state index < -0.39 is 6.36 Å². The number of pyridine rings is 1. The Morgan fingerprint density at radius 1 is 1.28 bits per heavy atom. The topological polar surface area (TPSA) is 34.1 Å². The third-order valence-corrected chi connectivity index (χ3v) is 5.45. The van der Waals surface area contributed by atoms with E-state index in [9.17, 15) is 13.2 Å². The third kappa shape index (κ3) is 4.51. The lowest BCUT2D eigenvalue weighted by molar-refractivity contribution is -0.274. The summed E-state index contributed by atoms with van der Waals surface area (Å²) in [6, 6.07) is 5.05. The number of aromatic nitrogens is 1. The van der Waals surface area contributed by atoms with Crippen LogP contribution in [-0.4, -0.2) is 23.1 Å². The van der Waals surface area contributed by atoms with Crippen molar-refractivity contribution in [3.8, 4) is 5.75 Å². The number of anilines is 1. The smallest absolute Gasteiger partial charge is 0.403 e. The lowest BCUT2D eigenvalue weighted by Crippen LogP contribution is -2.18. The number of nitrogens with zero attached hydrogens (tertiary/aromatic N) is 1. The lowest BCUT2D eigenvalue weighted by atomic mass is 10.1. The second kappa shape index (κ2) is 7.72. The van der Waals surface area contributed by atoms with E-state index in [2.05, 4.69) is 22.0 Å². The van der Waals surface area contributed by atoms with Crippen LogP contribution in [0.15, 0.2) is 29.3 Å². The second-order valence-electron chi connectivity index (χ2n) is 6.17. The van der Waals surface area contributed by atoms with Crippen molar-refractivity contribution in [2.24, 2.45) is 0 Å². The zero-order valence-corrected chi connectivity index (χ0v) is 14.8. The van der Waals surface area contributed by atoms with Gasteiger partial charge >= 0.3 is 6.36 Å². The molecule has 0 atom stereocenters. The van der Waals surface area contributed by atoms with Gasteiger partial charge in [-0.2, -0.15) is 0 Å². The molecule has 0 amide bonds. The highest BCUT2D eigenvalue weighted by atomic mass is 32.2. The second-order valence-corrected chi connectivity index (χ2v) is 7.31. The summed E-state index contributed by atoms with van der Waals surface area (Å²) < 4.78 is 42.2. The molecule has 1 aliphatic rings. The molecular weight excluding hydrogens is 349 g/mol. The molecule has 3 rings (SSSR count). The largest absolute Gasteiger partial charge is 0.573 e. The Labute approximate surface area is 149 Å². The molecule has 3 nitrogen and oxygen atoms in total. The Balaban J connectivity index is 2.04. The highest BCUT2D eigenvalue weighted by Gasteiger charge is 2.32. The lowest BCUT2D eigenvalue weighted by Gasteiger charge is -2.20. The van der Waals surface area contributed by atoms with Gasteiger partial charge in [0.25, 0.3) is 0 Å². The van der Waals surface area contributed by atoms with Crippen molar-refractivity contribution < 1.29 is 17.9 Å². The zero-order valence-electron chi connectivity index (χ0n) is 14.0. The van der Waals surface area contributed by atoms with Gasteiger partial charge in [-0.25, -0.2) is 0 Å². The van der Waals surface area contributed by atoms with Crippen LogP contribution < -0.4 is 10.1 Å². The third-order valence-electron chi connectivity index (χ3n) is 4.22. The summed E-state index contributed by atoms with van der Waals surface area (Å²) in [5.74, 6) is 0.678. The summed E-state index contributed by atoms with van der Waals surface area (Å²) in [5.41, 5.74) is 1.11. The molecule has 136 valence electrons. The number of fused-ring (bicyclic) bond motifs is 1. The fourth-order valence-electron chi connectivity index (χ4n) is 3.13. The van der Waals surface area contributed by atoms with E-state index in [0.717, 1.165) is 35.6 Å². The number of para-hydroxylation sites is 1. The minimum Gasteiger partial charge on any atom is -0.403 e. The first-order valence-electron chi connectivity index (χ1n) is 8.54. The summed E-state index contributed by atoms with van der Waals surface area (Å²) in [4.78, 5) is 5.24. The molecule has 1 aromatic carbocycles. The van der Waals surface area contributed by atoms with Crippen molar-refractivity contribution in [1.29, 1.82) is 0 Å². The van der Waals surface area contributed by atoms with Gasteiger partial charge in [-0.05, 0) is 31.1 Å². The fraction of sp³-hybridized carbons (Fsp3) is 0.500. The molecule has 2 aromatic rings. The number of halogens is 3. The average molecular weight is 370 g/mol. The molecule has 0 spiro atoms. The molecular formula is C18H21F3N2OS. The van der Waals surface area contributed by atoms with Crippen LogP contribution in [0.1, 0.15) is 39.0 Å². The van der Waals surface area contributed by atoms with Crippen LogP contribution in [0.3, 0.4) is 0 Å². The van der Waals surface area contributed by atoms with Gasteiger partial charge in [-0.1, -0.05) is 31.9 Å². The Hall–Kier alpha value is -1.63. The van der Waals surface area contributed by atoms with E-state index in [1.54, 1.807) is 30.1 Å². The zero-order chi connectivity index (χ0) is 17.9. The van der Waals surface area contributed by atoms with Gasteiger partial charge in [0, 0.05) is 22.5 Å². The van der Waals surface area contributed by atoms with Gasteiger partial charge in [-0.15, -0.1) is 24.9 Å². The molecule has 1 aromatic heterocycles. The monoisotopic (exact) mass is 370 g/mol. The fourth-order valence-corrected chi connectivity index (χ4v) is 3.99. The van der Waals surface area contributed by atoms with Crippen molar-refractivity contribution >= 4 is 28.4 Å². The minimum absolute atomic E-state index is 0.237. The van der Waals surface area contributed by atoms with Crippen LogP contribution in [0.25, 0.3) is 10.9 Å². The van der Waals surface area contributed by atoms with E-state index in [0.29, 0.717) is 11.4 Å². The molecule has 1 aliphatic carbocycles. The Bertz CT molecular complexity index is 730. The van der Waals surface area contributed by atoms with Crippen molar-refractivity contribution in [3.63, 3.8) is 0 Å². The Morgan fingerprint density at radius 2 is 2.04 bits per heavy atom. The van der Waals surface area contributed by atoms with E-state index >= 15 is 0 Å². The maximum absolute atomic E-state index is 12.7. The number of alkyl halides is 3. The standard InChI is InChI=1S/C18H21F3N2OS/c1-2-10-25-15-11-22-16-13(17(15)23-12-6-3-4-7-12)8-5-9-14(16)24-18(19,20)21/h5,8-9,11-12H,2-4,6-7,10H2,1H3,(H,22,23). The minimum atomic E-state index is -4.73. The summed E-state index contributed by atoms with van der Waals surface area (Å²) >= 11 is 1.68. The first-order valence-corrected chi connectivity index (χ1v) is 9.53.